The summed E-state index contributed by atoms with van der Waals surface area (Å²) < 4.78 is 0. The zero-order valence-electron chi connectivity index (χ0n) is 9.24. The molecule has 0 radical (unpaired) electrons. The van der Waals surface area contributed by atoms with Crippen molar-refractivity contribution in [2.24, 2.45) is 11.3 Å². The van der Waals surface area contributed by atoms with E-state index in [4.69, 9.17) is 0 Å². The number of carboxylic acid groups (broad SMARTS) is 1. The summed E-state index contributed by atoms with van der Waals surface area (Å²) in [5, 5.41) is 9.52. The van der Waals surface area contributed by atoms with Gasteiger partial charge in [0, 0.05) is 0 Å². The van der Waals surface area contributed by atoms with E-state index in [9.17, 15) is 9.90 Å². The molecule has 1 N–H and O–H groups in total. The van der Waals surface area contributed by atoms with Crippen LogP contribution in [0.4, 0.5) is 0 Å². The average Bonchev–Trinajstić information content (AvgIpc) is 2.31. The Morgan fingerprint density at radius 2 is 1.93 bits per heavy atom. The summed E-state index contributed by atoms with van der Waals surface area (Å²) in [6.07, 6.45) is 12.7. The van der Waals surface area contributed by atoms with Crippen LogP contribution in [0.2, 0.25) is 0 Å². The Morgan fingerprint density at radius 3 is 2.47 bits per heavy atom. The molecular weight excluding hydrogens is 188 g/mol. The van der Waals surface area contributed by atoms with E-state index < -0.39 is 5.97 Å². The highest BCUT2D eigenvalue weighted by Crippen LogP contribution is 2.47. The molecule has 2 heteroatoms. The first-order valence-corrected chi connectivity index (χ1v) is 6.14. The number of allylic oxidation sites excluding steroid dienone is 2. The average molecular weight is 208 g/mol. The number of hydrogen-bond acceptors (Lipinski definition) is 1. The van der Waals surface area contributed by atoms with Crippen molar-refractivity contribution in [2.45, 2.75) is 51.4 Å². The van der Waals surface area contributed by atoms with E-state index >= 15 is 0 Å². The van der Waals surface area contributed by atoms with Gasteiger partial charge in [0.25, 0.3) is 0 Å². The van der Waals surface area contributed by atoms with E-state index in [1.54, 1.807) is 0 Å². The minimum absolute atomic E-state index is 0.386. The van der Waals surface area contributed by atoms with E-state index in [0.717, 1.165) is 44.9 Å². The Morgan fingerprint density at radius 1 is 1.20 bits per heavy atom. The van der Waals surface area contributed by atoms with Gasteiger partial charge in [0.05, 0.1) is 5.41 Å². The molecule has 0 bridgehead atoms. The second kappa shape index (κ2) is 4.38. The lowest BCUT2D eigenvalue weighted by atomic mass is 9.62. The molecule has 2 aliphatic rings. The van der Waals surface area contributed by atoms with Crippen LogP contribution in [0.5, 0.6) is 0 Å². The molecule has 0 spiro atoms. The fourth-order valence-electron chi connectivity index (χ4n) is 3.27. The molecule has 1 atom stereocenters. The maximum absolute atomic E-state index is 11.6. The first-order chi connectivity index (χ1) is 7.26. The fraction of sp³-hybridized carbons (Fsp3) is 0.769. The Balaban J connectivity index is 2.17. The molecule has 2 aliphatic carbocycles. The monoisotopic (exact) mass is 208 g/mol. The maximum atomic E-state index is 11.6. The third kappa shape index (κ3) is 1.95. The number of hydrogen-bond donors (Lipinski definition) is 1. The van der Waals surface area contributed by atoms with Crippen molar-refractivity contribution in [3.63, 3.8) is 0 Å². The fourth-order valence-corrected chi connectivity index (χ4v) is 3.27. The molecule has 1 fully saturated rings. The van der Waals surface area contributed by atoms with Crippen molar-refractivity contribution < 1.29 is 9.90 Å². The normalized spacial score (nSPS) is 30.0. The zero-order valence-corrected chi connectivity index (χ0v) is 9.24. The minimum atomic E-state index is -0.539. The SMILES string of the molecule is O=C(O)C1(C2CC=CCC2)CCCCC1. The largest absolute Gasteiger partial charge is 0.481 e. The van der Waals surface area contributed by atoms with Crippen LogP contribution >= 0.6 is 0 Å². The van der Waals surface area contributed by atoms with Crippen LogP contribution in [0.25, 0.3) is 0 Å². The molecule has 0 aromatic heterocycles. The van der Waals surface area contributed by atoms with Gasteiger partial charge in [-0.2, -0.15) is 0 Å². The van der Waals surface area contributed by atoms with E-state index in [2.05, 4.69) is 12.2 Å². The van der Waals surface area contributed by atoms with Gasteiger partial charge in [-0.05, 0) is 38.0 Å². The minimum Gasteiger partial charge on any atom is -0.481 e. The highest BCUT2D eigenvalue weighted by atomic mass is 16.4. The van der Waals surface area contributed by atoms with Crippen LogP contribution in [0.15, 0.2) is 12.2 Å². The second-order valence-electron chi connectivity index (χ2n) is 5.00. The van der Waals surface area contributed by atoms with Crippen molar-refractivity contribution in [1.82, 2.24) is 0 Å². The van der Waals surface area contributed by atoms with Crippen molar-refractivity contribution >= 4 is 5.97 Å². The molecule has 2 rings (SSSR count). The predicted molar refractivity (Wildman–Crippen MR) is 59.6 cm³/mol. The van der Waals surface area contributed by atoms with Crippen LogP contribution < -0.4 is 0 Å². The molecule has 0 amide bonds. The van der Waals surface area contributed by atoms with Crippen molar-refractivity contribution in [3.05, 3.63) is 12.2 Å². The lowest BCUT2D eigenvalue weighted by Crippen LogP contribution is -2.40. The Kier molecular flexibility index (Phi) is 3.13. The second-order valence-corrected chi connectivity index (χ2v) is 5.00. The summed E-state index contributed by atoms with van der Waals surface area (Å²) in [7, 11) is 0. The smallest absolute Gasteiger partial charge is 0.309 e. The zero-order chi connectivity index (χ0) is 10.7. The van der Waals surface area contributed by atoms with Gasteiger partial charge in [-0.15, -0.1) is 0 Å². The van der Waals surface area contributed by atoms with E-state index in [1.807, 2.05) is 0 Å². The molecule has 0 aromatic carbocycles. The standard InChI is InChI=1S/C13H20O2/c14-12(15)13(9-5-2-6-10-13)11-7-3-1-4-8-11/h1,3,11H,2,4-10H2,(H,14,15). The quantitative estimate of drug-likeness (QED) is 0.706. The predicted octanol–water partition coefficient (Wildman–Crippen LogP) is 3.38. The molecule has 84 valence electrons. The number of carbonyl (C=O) groups is 1. The number of carboxylic acids is 1. The molecular formula is C13H20O2. The Labute approximate surface area is 91.4 Å². The van der Waals surface area contributed by atoms with Gasteiger partial charge >= 0.3 is 5.97 Å². The van der Waals surface area contributed by atoms with Gasteiger partial charge in [0.1, 0.15) is 0 Å². The summed E-state index contributed by atoms with van der Waals surface area (Å²) in [6, 6.07) is 0. The summed E-state index contributed by atoms with van der Waals surface area (Å²) in [5.74, 6) is -0.150. The molecule has 0 saturated heterocycles. The van der Waals surface area contributed by atoms with Crippen LogP contribution in [-0.4, -0.2) is 11.1 Å². The highest BCUT2D eigenvalue weighted by Gasteiger charge is 2.45. The third-order valence-corrected chi connectivity index (χ3v) is 4.22. The van der Waals surface area contributed by atoms with Crippen molar-refractivity contribution in [2.75, 3.05) is 0 Å². The number of rotatable bonds is 2. The van der Waals surface area contributed by atoms with E-state index in [0.29, 0.717) is 5.92 Å². The third-order valence-electron chi connectivity index (χ3n) is 4.22. The lowest BCUT2D eigenvalue weighted by molar-refractivity contribution is -0.155. The molecule has 0 heterocycles. The topological polar surface area (TPSA) is 37.3 Å². The number of aliphatic carboxylic acids is 1. The van der Waals surface area contributed by atoms with Crippen LogP contribution in [-0.2, 0) is 4.79 Å². The first-order valence-electron chi connectivity index (χ1n) is 6.14. The lowest BCUT2D eigenvalue weighted by Gasteiger charge is -2.40. The molecule has 2 nitrogen and oxygen atoms in total. The molecule has 15 heavy (non-hydrogen) atoms. The van der Waals surface area contributed by atoms with Crippen molar-refractivity contribution in [1.29, 1.82) is 0 Å². The maximum Gasteiger partial charge on any atom is 0.309 e. The molecule has 0 aromatic rings. The molecule has 1 unspecified atom stereocenters. The first kappa shape index (κ1) is 10.7. The van der Waals surface area contributed by atoms with Crippen LogP contribution in [0.3, 0.4) is 0 Å². The van der Waals surface area contributed by atoms with Crippen LogP contribution in [0.1, 0.15) is 51.4 Å². The van der Waals surface area contributed by atoms with Gasteiger partial charge in [0.2, 0.25) is 0 Å². The molecule has 0 aliphatic heterocycles. The summed E-state index contributed by atoms with van der Waals surface area (Å²) >= 11 is 0. The highest BCUT2D eigenvalue weighted by molar-refractivity contribution is 5.75. The van der Waals surface area contributed by atoms with Crippen molar-refractivity contribution in [3.8, 4) is 0 Å². The van der Waals surface area contributed by atoms with Gasteiger partial charge < -0.3 is 5.11 Å². The summed E-state index contributed by atoms with van der Waals surface area (Å²) in [5.41, 5.74) is -0.386. The summed E-state index contributed by atoms with van der Waals surface area (Å²) in [6.45, 7) is 0. The van der Waals surface area contributed by atoms with Gasteiger partial charge in [0.15, 0.2) is 0 Å². The van der Waals surface area contributed by atoms with E-state index in [-0.39, 0.29) is 5.41 Å². The van der Waals surface area contributed by atoms with Crippen LogP contribution in [0, 0.1) is 11.3 Å². The van der Waals surface area contributed by atoms with Gasteiger partial charge in [-0.1, -0.05) is 31.4 Å². The molecule has 1 saturated carbocycles. The van der Waals surface area contributed by atoms with Gasteiger partial charge in [-0.25, -0.2) is 0 Å². The van der Waals surface area contributed by atoms with Gasteiger partial charge in [-0.3, -0.25) is 4.79 Å². The van der Waals surface area contributed by atoms with E-state index in [1.165, 1.54) is 6.42 Å². The Hall–Kier alpha value is -0.790. The summed E-state index contributed by atoms with van der Waals surface area (Å²) in [4.78, 5) is 11.6. The Bertz CT molecular complexity index is 262.